The third-order valence-corrected chi connectivity index (χ3v) is 3.25. The molecule has 0 aliphatic heterocycles. The summed E-state index contributed by atoms with van der Waals surface area (Å²) in [5, 5.41) is 0. The number of halogens is 2. The molecule has 1 aromatic rings. The van der Waals surface area contributed by atoms with E-state index in [1.54, 1.807) is 31.4 Å². The maximum absolute atomic E-state index is 11.8. The monoisotopic (exact) mass is 222 g/mol. The van der Waals surface area contributed by atoms with E-state index in [-0.39, 0.29) is 0 Å². The molecule has 0 spiro atoms. The van der Waals surface area contributed by atoms with Crippen LogP contribution in [0.2, 0.25) is 0 Å². The maximum atomic E-state index is 11.8. The smallest absolute Gasteiger partial charge is 0.294 e. The Morgan fingerprint density at radius 1 is 1.38 bits per heavy atom. The van der Waals surface area contributed by atoms with Gasteiger partial charge in [-0.1, -0.05) is 16.9 Å². The molecule has 1 aromatic carbocycles. The van der Waals surface area contributed by atoms with Gasteiger partial charge < -0.3 is 4.74 Å². The molecule has 0 radical (unpaired) electrons. The predicted octanol–water partition coefficient (Wildman–Crippen LogP) is 3.66. The number of hydrogen-bond donors (Lipinski definition) is 0. The second-order valence-electron chi connectivity index (χ2n) is 2.12. The minimum atomic E-state index is -2.35. The van der Waals surface area contributed by atoms with Crippen LogP contribution in [0.4, 0.5) is 8.78 Å². The van der Waals surface area contributed by atoms with Gasteiger partial charge in [0.2, 0.25) is 0 Å². The summed E-state index contributed by atoms with van der Waals surface area (Å²) in [7, 11) is 3.12. The molecule has 0 N–H and O–H groups in total. The van der Waals surface area contributed by atoms with Gasteiger partial charge in [-0.15, -0.1) is 0 Å². The summed E-state index contributed by atoms with van der Waals surface area (Å²) in [6.07, 6.45) is 0. The van der Waals surface area contributed by atoms with Crippen molar-refractivity contribution in [2.24, 2.45) is 0 Å². The highest BCUT2D eigenvalue weighted by atomic mass is 33.1. The molecular formula is C8H8F2OS2. The van der Waals surface area contributed by atoms with Crippen LogP contribution in [-0.4, -0.2) is 12.9 Å². The molecule has 0 saturated heterocycles. The van der Waals surface area contributed by atoms with Crippen molar-refractivity contribution in [3.8, 4) is 5.75 Å². The van der Waals surface area contributed by atoms with Crippen LogP contribution in [0.15, 0.2) is 29.2 Å². The average molecular weight is 222 g/mol. The molecule has 13 heavy (non-hydrogen) atoms. The largest absolute Gasteiger partial charge is 0.497 e. The van der Waals surface area contributed by atoms with Gasteiger partial charge in [0.25, 0.3) is 5.76 Å². The van der Waals surface area contributed by atoms with Crippen LogP contribution in [0.1, 0.15) is 0 Å². The molecule has 0 aliphatic rings. The lowest BCUT2D eigenvalue weighted by molar-refractivity contribution is 0.254. The first-order valence-corrected chi connectivity index (χ1v) is 5.69. The number of alkyl halides is 2. The molecular weight excluding hydrogens is 214 g/mol. The van der Waals surface area contributed by atoms with Crippen LogP contribution in [0.5, 0.6) is 5.75 Å². The van der Waals surface area contributed by atoms with Gasteiger partial charge in [-0.25, -0.2) is 0 Å². The first-order valence-electron chi connectivity index (χ1n) is 3.48. The number of benzene rings is 1. The standard InChI is InChI=1S/C8H8F2OS2/c1-11-6-3-2-4-7(5-6)12-13-8(9)10/h2-5,8H,1H3. The van der Waals surface area contributed by atoms with Gasteiger partial charge in [-0.05, 0) is 29.0 Å². The third kappa shape index (κ3) is 3.87. The lowest BCUT2D eigenvalue weighted by atomic mass is 10.3. The molecule has 5 heteroatoms. The van der Waals surface area contributed by atoms with Crippen molar-refractivity contribution >= 4 is 21.6 Å². The Labute approximate surface area is 83.3 Å². The van der Waals surface area contributed by atoms with Crippen molar-refractivity contribution in [1.82, 2.24) is 0 Å². The molecule has 0 fully saturated rings. The van der Waals surface area contributed by atoms with Gasteiger partial charge in [-0.3, -0.25) is 0 Å². The van der Waals surface area contributed by atoms with Crippen molar-refractivity contribution in [3.05, 3.63) is 24.3 Å². The molecule has 72 valence electrons. The van der Waals surface area contributed by atoms with Crippen LogP contribution in [0, 0.1) is 0 Å². The van der Waals surface area contributed by atoms with Gasteiger partial charge >= 0.3 is 0 Å². The quantitative estimate of drug-likeness (QED) is 0.719. The first kappa shape index (κ1) is 10.7. The van der Waals surface area contributed by atoms with E-state index in [2.05, 4.69) is 0 Å². The summed E-state index contributed by atoms with van der Waals surface area (Å²) in [4.78, 5) is 0.768. The highest BCUT2D eigenvalue weighted by molar-refractivity contribution is 8.76. The lowest BCUT2D eigenvalue weighted by Gasteiger charge is -2.02. The van der Waals surface area contributed by atoms with Gasteiger partial charge in [0.1, 0.15) is 5.75 Å². The summed E-state index contributed by atoms with van der Waals surface area (Å²) in [6.45, 7) is 0. The highest BCUT2D eigenvalue weighted by Crippen LogP contribution is 2.36. The fraction of sp³-hybridized carbons (Fsp3) is 0.250. The van der Waals surface area contributed by atoms with E-state index in [1.807, 2.05) is 0 Å². The Hall–Kier alpha value is -0.420. The molecule has 0 amide bonds. The molecule has 0 bridgehead atoms. The van der Waals surface area contributed by atoms with Crippen LogP contribution in [-0.2, 0) is 0 Å². The number of hydrogen-bond acceptors (Lipinski definition) is 3. The Kier molecular flexibility index (Phi) is 4.38. The number of ether oxygens (including phenoxy) is 1. The molecule has 0 aromatic heterocycles. The normalized spacial score (nSPS) is 10.5. The summed E-state index contributed by atoms with van der Waals surface area (Å²) >= 11 is 0. The lowest BCUT2D eigenvalue weighted by Crippen LogP contribution is -1.81. The third-order valence-electron chi connectivity index (χ3n) is 1.26. The molecule has 0 atom stereocenters. The Balaban J connectivity index is 2.56. The Morgan fingerprint density at radius 3 is 2.77 bits per heavy atom. The van der Waals surface area contributed by atoms with E-state index in [4.69, 9.17) is 4.74 Å². The number of rotatable bonds is 4. The fourth-order valence-electron chi connectivity index (χ4n) is 0.745. The minimum Gasteiger partial charge on any atom is -0.497 e. The van der Waals surface area contributed by atoms with Gasteiger partial charge in [0.05, 0.1) is 7.11 Å². The molecule has 0 unspecified atom stereocenters. The van der Waals surface area contributed by atoms with E-state index in [9.17, 15) is 8.78 Å². The highest BCUT2D eigenvalue weighted by Gasteiger charge is 2.04. The minimum absolute atomic E-state index is 0.531. The molecule has 1 rings (SSSR count). The Morgan fingerprint density at radius 2 is 2.15 bits per heavy atom. The maximum Gasteiger partial charge on any atom is 0.294 e. The number of methoxy groups -OCH3 is 1. The van der Waals surface area contributed by atoms with Crippen LogP contribution in [0.25, 0.3) is 0 Å². The van der Waals surface area contributed by atoms with E-state index in [0.717, 1.165) is 15.7 Å². The van der Waals surface area contributed by atoms with Gasteiger partial charge in [0.15, 0.2) is 0 Å². The van der Waals surface area contributed by atoms with Crippen molar-refractivity contribution in [2.75, 3.05) is 7.11 Å². The van der Waals surface area contributed by atoms with Crippen LogP contribution in [0.3, 0.4) is 0 Å². The van der Waals surface area contributed by atoms with Gasteiger partial charge in [-0.2, -0.15) is 8.78 Å². The first-order chi connectivity index (χ1) is 6.22. The summed E-state index contributed by atoms with van der Waals surface area (Å²) in [5.41, 5.74) is 0. The summed E-state index contributed by atoms with van der Waals surface area (Å²) in [5.74, 6) is -1.67. The topological polar surface area (TPSA) is 9.23 Å². The van der Waals surface area contributed by atoms with E-state index >= 15 is 0 Å². The SMILES string of the molecule is COc1cccc(SSC(F)F)c1. The Bertz CT molecular complexity index is 268. The predicted molar refractivity (Wildman–Crippen MR) is 52.4 cm³/mol. The van der Waals surface area contributed by atoms with Gasteiger partial charge in [0, 0.05) is 4.90 Å². The van der Waals surface area contributed by atoms with E-state index in [1.165, 1.54) is 0 Å². The molecule has 1 nitrogen and oxygen atoms in total. The summed E-state index contributed by atoms with van der Waals surface area (Å²) < 4.78 is 28.6. The average Bonchev–Trinajstić information content (AvgIpc) is 2.15. The van der Waals surface area contributed by atoms with Crippen LogP contribution >= 0.6 is 21.6 Å². The second-order valence-corrected chi connectivity index (χ2v) is 4.38. The molecule has 0 saturated carbocycles. The van der Waals surface area contributed by atoms with Crippen molar-refractivity contribution < 1.29 is 13.5 Å². The molecule has 0 aliphatic carbocycles. The second kappa shape index (κ2) is 5.34. The van der Waals surface area contributed by atoms with E-state index in [0.29, 0.717) is 16.5 Å². The zero-order chi connectivity index (χ0) is 9.68. The van der Waals surface area contributed by atoms with Crippen molar-refractivity contribution in [1.29, 1.82) is 0 Å². The fourth-order valence-corrected chi connectivity index (χ4v) is 2.09. The zero-order valence-corrected chi connectivity index (χ0v) is 8.50. The molecule has 0 heterocycles. The van der Waals surface area contributed by atoms with Crippen molar-refractivity contribution in [2.45, 2.75) is 10.7 Å². The van der Waals surface area contributed by atoms with Crippen LogP contribution < -0.4 is 4.74 Å². The zero-order valence-electron chi connectivity index (χ0n) is 6.87. The van der Waals surface area contributed by atoms with E-state index < -0.39 is 5.76 Å². The summed E-state index contributed by atoms with van der Waals surface area (Å²) in [6, 6.07) is 7.03. The van der Waals surface area contributed by atoms with Crippen molar-refractivity contribution in [3.63, 3.8) is 0 Å².